The second-order valence-electron chi connectivity index (χ2n) is 4.52. The molecule has 1 heteroatoms. The van der Waals surface area contributed by atoms with Gasteiger partial charge in [-0.2, -0.15) is 0 Å². The fourth-order valence-corrected chi connectivity index (χ4v) is 0.727. The van der Waals surface area contributed by atoms with Gasteiger partial charge in [-0.3, -0.25) is 0 Å². The Balaban J connectivity index is 3.87. The van der Waals surface area contributed by atoms with E-state index in [4.69, 9.17) is 11.6 Å². The lowest BCUT2D eigenvalue weighted by atomic mass is 9.97. The maximum atomic E-state index is 6.04. The Kier molecular flexibility index (Phi) is 4.71. The van der Waals surface area contributed by atoms with E-state index in [1.807, 2.05) is 0 Å². The zero-order valence-electron chi connectivity index (χ0n) is 8.74. The molecule has 0 saturated carbocycles. The van der Waals surface area contributed by atoms with Gasteiger partial charge in [0.1, 0.15) is 0 Å². The Bertz CT molecular complexity index is 175. The van der Waals surface area contributed by atoms with Gasteiger partial charge in [0.05, 0.1) is 0 Å². The number of hydrogen-bond donors (Lipinski definition) is 0. The maximum absolute atomic E-state index is 6.04. The Labute approximate surface area is 81.7 Å². The summed E-state index contributed by atoms with van der Waals surface area (Å²) in [5, 5.41) is 0.194. The van der Waals surface area contributed by atoms with Crippen molar-refractivity contribution in [3.8, 4) is 11.8 Å². The van der Waals surface area contributed by atoms with Gasteiger partial charge in [-0.1, -0.05) is 19.8 Å². The van der Waals surface area contributed by atoms with Crippen LogP contribution in [0, 0.1) is 23.2 Å². The minimum Gasteiger partial charge on any atom is -0.122 e. The third-order valence-corrected chi connectivity index (χ3v) is 2.14. The predicted molar refractivity (Wildman–Crippen MR) is 56.3 cm³/mol. The van der Waals surface area contributed by atoms with E-state index in [9.17, 15) is 0 Å². The van der Waals surface area contributed by atoms with Crippen LogP contribution in [-0.4, -0.2) is 5.38 Å². The molecule has 0 aliphatic heterocycles. The summed E-state index contributed by atoms with van der Waals surface area (Å²) >= 11 is 6.04. The van der Waals surface area contributed by atoms with Crippen LogP contribution in [0.4, 0.5) is 0 Å². The van der Waals surface area contributed by atoms with Gasteiger partial charge in [-0.05, 0) is 26.7 Å². The van der Waals surface area contributed by atoms with Crippen molar-refractivity contribution in [1.82, 2.24) is 0 Å². The number of hydrogen-bond acceptors (Lipinski definition) is 0. The van der Waals surface area contributed by atoms with Crippen molar-refractivity contribution in [2.24, 2.45) is 11.3 Å². The van der Waals surface area contributed by atoms with Crippen LogP contribution in [0.1, 0.15) is 41.0 Å². The number of halogens is 1. The molecule has 0 fully saturated rings. The molecule has 70 valence electrons. The first-order chi connectivity index (χ1) is 5.33. The monoisotopic (exact) mass is 186 g/mol. The first-order valence-electron chi connectivity index (χ1n) is 4.47. The first-order valence-corrected chi connectivity index (χ1v) is 4.90. The molecule has 1 atom stereocenters. The van der Waals surface area contributed by atoms with Crippen LogP contribution >= 0.6 is 11.6 Å². The molecule has 0 aromatic heterocycles. The van der Waals surface area contributed by atoms with Crippen LogP contribution in [0.2, 0.25) is 0 Å². The molecule has 0 aliphatic rings. The molecule has 0 nitrogen and oxygen atoms in total. The van der Waals surface area contributed by atoms with E-state index in [2.05, 4.69) is 46.5 Å². The van der Waals surface area contributed by atoms with Gasteiger partial charge in [0.15, 0.2) is 0 Å². The standard InChI is InChI=1S/C11H19Cl/c1-9(2)10(12)7-6-8-11(3,4)5/h9-10H,7H2,1-5H3. The highest BCUT2D eigenvalue weighted by Crippen LogP contribution is 2.14. The highest BCUT2D eigenvalue weighted by molar-refractivity contribution is 6.20. The predicted octanol–water partition coefficient (Wildman–Crippen LogP) is 3.69. The molecule has 0 rings (SSSR count). The quantitative estimate of drug-likeness (QED) is 0.456. The molecular formula is C11H19Cl. The Hall–Kier alpha value is -0.150. The van der Waals surface area contributed by atoms with E-state index in [0.29, 0.717) is 5.92 Å². The lowest BCUT2D eigenvalue weighted by Crippen LogP contribution is -2.07. The van der Waals surface area contributed by atoms with Crippen LogP contribution in [0.3, 0.4) is 0 Å². The van der Waals surface area contributed by atoms with Gasteiger partial charge >= 0.3 is 0 Å². The second kappa shape index (κ2) is 4.77. The van der Waals surface area contributed by atoms with Gasteiger partial charge in [0.2, 0.25) is 0 Å². The minimum atomic E-state index is 0.105. The van der Waals surface area contributed by atoms with Crippen molar-refractivity contribution in [2.75, 3.05) is 0 Å². The lowest BCUT2D eigenvalue weighted by Gasteiger charge is -2.10. The van der Waals surface area contributed by atoms with Crippen LogP contribution in [0.15, 0.2) is 0 Å². The molecule has 0 spiro atoms. The Morgan fingerprint density at radius 2 is 1.75 bits per heavy atom. The zero-order chi connectivity index (χ0) is 9.78. The maximum Gasteiger partial charge on any atom is 0.0468 e. The lowest BCUT2D eigenvalue weighted by molar-refractivity contribution is 0.567. The van der Waals surface area contributed by atoms with Gasteiger partial charge < -0.3 is 0 Å². The van der Waals surface area contributed by atoms with E-state index >= 15 is 0 Å². The van der Waals surface area contributed by atoms with Gasteiger partial charge in [0.25, 0.3) is 0 Å². The highest BCUT2D eigenvalue weighted by atomic mass is 35.5. The van der Waals surface area contributed by atoms with E-state index in [0.717, 1.165) is 6.42 Å². The molecule has 0 radical (unpaired) electrons. The van der Waals surface area contributed by atoms with Crippen molar-refractivity contribution >= 4 is 11.6 Å². The zero-order valence-corrected chi connectivity index (χ0v) is 9.50. The largest absolute Gasteiger partial charge is 0.122 e. The number of rotatable bonds is 2. The molecular weight excluding hydrogens is 168 g/mol. The first kappa shape index (κ1) is 11.8. The smallest absolute Gasteiger partial charge is 0.0468 e. The summed E-state index contributed by atoms with van der Waals surface area (Å²) in [7, 11) is 0. The van der Waals surface area contributed by atoms with E-state index < -0.39 is 0 Å². The van der Waals surface area contributed by atoms with E-state index in [1.165, 1.54) is 0 Å². The summed E-state index contributed by atoms with van der Waals surface area (Å²) in [5.74, 6) is 6.81. The SMILES string of the molecule is CC(C)C(Cl)CC#CC(C)(C)C. The molecule has 0 saturated heterocycles. The fraction of sp³-hybridized carbons (Fsp3) is 0.818. The van der Waals surface area contributed by atoms with Gasteiger partial charge in [-0.15, -0.1) is 17.5 Å². The molecule has 12 heavy (non-hydrogen) atoms. The van der Waals surface area contributed by atoms with E-state index in [-0.39, 0.29) is 10.8 Å². The van der Waals surface area contributed by atoms with Crippen LogP contribution in [-0.2, 0) is 0 Å². The van der Waals surface area contributed by atoms with Gasteiger partial charge in [-0.25, -0.2) is 0 Å². The molecule has 0 bridgehead atoms. The fourth-order valence-electron chi connectivity index (χ4n) is 0.649. The van der Waals surface area contributed by atoms with Crippen molar-refractivity contribution < 1.29 is 0 Å². The van der Waals surface area contributed by atoms with Crippen LogP contribution in [0.25, 0.3) is 0 Å². The third-order valence-electron chi connectivity index (χ3n) is 1.48. The summed E-state index contributed by atoms with van der Waals surface area (Å²) < 4.78 is 0. The summed E-state index contributed by atoms with van der Waals surface area (Å²) in [4.78, 5) is 0. The van der Waals surface area contributed by atoms with Crippen molar-refractivity contribution in [3.63, 3.8) is 0 Å². The van der Waals surface area contributed by atoms with Crippen LogP contribution in [0.5, 0.6) is 0 Å². The minimum absolute atomic E-state index is 0.105. The summed E-state index contributed by atoms with van der Waals surface area (Å²) in [6, 6.07) is 0. The molecule has 0 aromatic carbocycles. The molecule has 1 unspecified atom stereocenters. The van der Waals surface area contributed by atoms with Crippen LogP contribution < -0.4 is 0 Å². The molecule has 0 heterocycles. The normalized spacial score (nSPS) is 13.9. The second-order valence-corrected chi connectivity index (χ2v) is 5.08. The summed E-state index contributed by atoms with van der Waals surface area (Å²) in [6.07, 6.45) is 0.802. The Morgan fingerprint density at radius 1 is 1.25 bits per heavy atom. The average Bonchev–Trinajstić information content (AvgIpc) is 1.84. The molecule has 0 aliphatic carbocycles. The van der Waals surface area contributed by atoms with E-state index in [1.54, 1.807) is 0 Å². The highest BCUT2D eigenvalue weighted by Gasteiger charge is 2.08. The average molecular weight is 187 g/mol. The topological polar surface area (TPSA) is 0 Å². The molecule has 0 N–H and O–H groups in total. The van der Waals surface area contributed by atoms with Crippen molar-refractivity contribution in [2.45, 2.75) is 46.4 Å². The summed E-state index contributed by atoms with van der Waals surface area (Å²) in [5.41, 5.74) is 0.105. The number of alkyl halides is 1. The Morgan fingerprint density at radius 3 is 2.08 bits per heavy atom. The summed E-state index contributed by atoms with van der Waals surface area (Å²) in [6.45, 7) is 10.6. The molecule has 0 aromatic rings. The van der Waals surface area contributed by atoms with Crippen molar-refractivity contribution in [3.05, 3.63) is 0 Å². The molecule has 0 amide bonds. The van der Waals surface area contributed by atoms with Crippen molar-refractivity contribution in [1.29, 1.82) is 0 Å². The van der Waals surface area contributed by atoms with Gasteiger partial charge in [0, 0.05) is 17.2 Å². The third kappa shape index (κ3) is 6.55.